The number of hydrogen-bond acceptors (Lipinski definition) is 5. The highest BCUT2D eigenvalue weighted by molar-refractivity contribution is 7.89. The molecule has 0 spiro atoms. The fourth-order valence-corrected chi connectivity index (χ4v) is 4.42. The number of ether oxygens (including phenoxy) is 1. The van der Waals surface area contributed by atoms with E-state index >= 15 is 0 Å². The molecule has 6 nitrogen and oxygen atoms in total. The Labute approximate surface area is 166 Å². The summed E-state index contributed by atoms with van der Waals surface area (Å²) in [6.07, 6.45) is 0.709. The monoisotopic (exact) mass is 431 g/mol. The van der Waals surface area contributed by atoms with E-state index in [1.165, 1.54) is 6.07 Å². The number of nitrogens with one attached hydrogen (secondary N) is 2. The second kappa shape index (κ2) is 9.60. The molecule has 2 heterocycles. The van der Waals surface area contributed by atoms with Crippen LogP contribution in [0.3, 0.4) is 0 Å². The molecule has 1 atom stereocenters. The Kier molecular flexibility index (Phi) is 8.74. The van der Waals surface area contributed by atoms with Gasteiger partial charge in [0, 0.05) is 51.3 Å². The predicted molar refractivity (Wildman–Crippen MR) is 104 cm³/mol. The molecular formula is C15H24Cl3N3O3S. The minimum Gasteiger partial charge on any atom is -0.489 e. The Balaban J connectivity index is 0.00000156. The topological polar surface area (TPSA) is 70.7 Å². The van der Waals surface area contributed by atoms with Crippen molar-refractivity contribution >= 4 is 46.4 Å². The Morgan fingerprint density at radius 1 is 1.32 bits per heavy atom. The quantitative estimate of drug-likeness (QED) is 0.741. The van der Waals surface area contributed by atoms with Crippen LogP contribution in [0.25, 0.3) is 0 Å². The third kappa shape index (κ3) is 5.60. The molecule has 25 heavy (non-hydrogen) atoms. The molecule has 0 saturated carbocycles. The minimum atomic E-state index is -3.55. The summed E-state index contributed by atoms with van der Waals surface area (Å²) in [4.78, 5) is 2.45. The maximum absolute atomic E-state index is 12.5. The SMILES string of the molecule is CC1Cc2cc(S(=O)(=O)NCCN3CCNCC3)cc(Cl)c2O1.Cl.Cl. The van der Waals surface area contributed by atoms with Crippen LogP contribution in [0.2, 0.25) is 5.02 Å². The van der Waals surface area contributed by atoms with Crippen LogP contribution >= 0.6 is 36.4 Å². The van der Waals surface area contributed by atoms with Gasteiger partial charge in [0.15, 0.2) is 0 Å². The smallest absolute Gasteiger partial charge is 0.240 e. The van der Waals surface area contributed by atoms with Crippen molar-refractivity contribution in [2.24, 2.45) is 0 Å². The van der Waals surface area contributed by atoms with E-state index in [1.807, 2.05) is 6.92 Å². The molecule has 1 aromatic rings. The van der Waals surface area contributed by atoms with Crippen molar-refractivity contribution in [3.8, 4) is 5.75 Å². The number of benzene rings is 1. The van der Waals surface area contributed by atoms with Gasteiger partial charge in [-0.2, -0.15) is 0 Å². The van der Waals surface area contributed by atoms with Crippen molar-refractivity contribution in [3.63, 3.8) is 0 Å². The molecule has 2 N–H and O–H groups in total. The van der Waals surface area contributed by atoms with Gasteiger partial charge in [-0.25, -0.2) is 13.1 Å². The number of sulfonamides is 1. The van der Waals surface area contributed by atoms with Gasteiger partial charge in [0.2, 0.25) is 10.0 Å². The maximum Gasteiger partial charge on any atom is 0.240 e. The highest BCUT2D eigenvalue weighted by Gasteiger charge is 2.26. The summed E-state index contributed by atoms with van der Waals surface area (Å²) < 4.78 is 33.2. The summed E-state index contributed by atoms with van der Waals surface area (Å²) in [6.45, 7) is 6.83. The van der Waals surface area contributed by atoms with Crippen molar-refractivity contribution in [3.05, 3.63) is 22.7 Å². The lowest BCUT2D eigenvalue weighted by Gasteiger charge is -2.27. The van der Waals surface area contributed by atoms with Crippen molar-refractivity contribution in [1.82, 2.24) is 14.9 Å². The lowest BCUT2D eigenvalue weighted by Crippen LogP contribution is -2.46. The lowest BCUT2D eigenvalue weighted by atomic mass is 10.1. The first-order chi connectivity index (χ1) is 11.0. The standard InChI is InChI=1S/C15H22ClN3O3S.2ClH/c1-11-8-12-9-13(10-14(16)15(12)22-11)23(20,21)18-4-7-19-5-2-17-3-6-19;;/h9-11,17-18H,2-8H2,1H3;2*1H. The van der Waals surface area contributed by atoms with Crippen molar-refractivity contribution < 1.29 is 13.2 Å². The average Bonchev–Trinajstić information content (AvgIpc) is 2.89. The molecule has 2 aliphatic rings. The first-order valence-electron chi connectivity index (χ1n) is 7.87. The molecule has 0 aromatic heterocycles. The van der Waals surface area contributed by atoms with E-state index in [0.717, 1.165) is 31.7 Å². The van der Waals surface area contributed by atoms with E-state index in [4.69, 9.17) is 16.3 Å². The second-order valence-corrected chi connectivity index (χ2v) is 8.19. The van der Waals surface area contributed by atoms with Crippen LogP contribution in [0, 0.1) is 0 Å². The van der Waals surface area contributed by atoms with Gasteiger partial charge < -0.3 is 10.1 Å². The highest BCUT2D eigenvalue weighted by Crippen LogP contribution is 2.37. The van der Waals surface area contributed by atoms with E-state index in [2.05, 4.69) is 14.9 Å². The van der Waals surface area contributed by atoms with Crippen molar-refractivity contribution in [2.75, 3.05) is 39.3 Å². The van der Waals surface area contributed by atoms with E-state index in [-0.39, 0.29) is 35.8 Å². The molecule has 0 amide bonds. The molecule has 144 valence electrons. The van der Waals surface area contributed by atoms with Crippen molar-refractivity contribution in [1.29, 1.82) is 0 Å². The average molecular weight is 433 g/mol. The summed E-state index contributed by atoms with van der Waals surface area (Å²) in [6, 6.07) is 3.13. The van der Waals surface area contributed by atoms with Gasteiger partial charge in [-0.15, -0.1) is 24.8 Å². The summed E-state index contributed by atoms with van der Waals surface area (Å²) in [5.74, 6) is 0.610. The maximum atomic E-state index is 12.5. The molecule has 1 fully saturated rings. The molecule has 0 aliphatic carbocycles. The molecule has 1 unspecified atom stereocenters. The third-order valence-electron chi connectivity index (χ3n) is 4.16. The highest BCUT2D eigenvalue weighted by atomic mass is 35.5. The molecular weight excluding hydrogens is 409 g/mol. The zero-order valence-corrected chi connectivity index (χ0v) is 17.2. The van der Waals surface area contributed by atoms with E-state index in [0.29, 0.717) is 30.3 Å². The van der Waals surface area contributed by atoms with Crippen molar-refractivity contribution in [2.45, 2.75) is 24.3 Å². The zero-order valence-electron chi connectivity index (χ0n) is 14.0. The Hall–Kier alpha value is -0.280. The molecule has 0 bridgehead atoms. The number of piperazine rings is 1. The number of hydrogen-bond donors (Lipinski definition) is 2. The lowest BCUT2D eigenvalue weighted by molar-refractivity contribution is 0.245. The van der Waals surface area contributed by atoms with Gasteiger partial charge in [0.25, 0.3) is 0 Å². The Bertz CT molecular complexity index is 682. The normalized spacial score (nSPS) is 20.2. The van der Waals surface area contributed by atoms with Gasteiger partial charge in [-0.05, 0) is 19.1 Å². The molecule has 3 rings (SSSR count). The van der Waals surface area contributed by atoms with Crippen LogP contribution in [-0.2, 0) is 16.4 Å². The number of rotatable bonds is 5. The van der Waals surface area contributed by atoms with Crippen LogP contribution in [0.15, 0.2) is 17.0 Å². The van der Waals surface area contributed by atoms with Crippen LogP contribution in [0.4, 0.5) is 0 Å². The second-order valence-electron chi connectivity index (χ2n) is 6.02. The summed E-state index contributed by atoms with van der Waals surface area (Å²) in [5.41, 5.74) is 0.854. The van der Waals surface area contributed by atoms with Gasteiger partial charge in [-0.1, -0.05) is 11.6 Å². The third-order valence-corrected chi connectivity index (χ3v) is 5.88. The van der Waals surface area contributed by atoms with E-state index in [1.54, 1.807) is 6.07 Å². The number of nitrogens with zero attached hydrogens (tertiary/aromatic N) is 1. The minimum absolute atomic E-state index is 0. The Morgan fingerprint density at radius 2 is 2.00 bits per heavy atom. The Morgan fingerprint density at radius 3 is 2.68 bits per heavy atom. The summed E-state index contributed by atoms with van der Waals surface area (Å²) in [5, 5.41) is 3.63. The molecule has 2 aliphatic heterocycles. The fourth-order valence-electron chi connectivity index (χ4n) is 2.97. The van der Waals surface area contributed by atoms with Crippen LogP contribution < -0.4 is 14.8 Å². The van der Waals surface area contributed by atoms with Gasteiger partial charge in [0.1, 0.15) is 11.9 Å². The van der Waals surface area contributed by atoms with E-state index in [9.17, 15) is 8.42 Å². The summed E-state index contributed by atoms with van der Waals surface area (Å²) >= 11 is 6.17. The van der Waals surface area contributed by atoms with Crippen LogP contribution in [0.1, 0.15) is 12.5 Å². The first kappa shape index (κ1) is 22.8. The molecule has 0 radical (unpaired) electrons. The van der Waals surface area contributed by atoms with Gasteiger partial charge in [0.05, 0.1) is 9.92 Å². The molecule has 1 aromatic carbocycles. The molecule has 10 heteroatoms. The number of fused-ring (bicyclic) bond motifs is 1. The predicted octanol–water partition coefficient (Wildman–Crippen LogP) is 1.69. The summed E-state index contributed by atoms with van der Waals surface area (Å²) in [7, 11) is -3.55. The van der Waals surface area contributed by atoms with Crippen LogP contribution in [0.5, 0.6) is 5.75 Å². The fraction of sp³-hybridized carbons (Fsp3) is 0.600. The van der Waals surface area contributed by atoms with Gasteiger partial charge >= 0.3 is 0 Å². The largest absolute Gasteiger partial charge is 0.489 e. The van der Waals surface area contributed by atoms with E-state index < -0.39 is 10.0 Å². The van der Waals surface area contributed by atoms with Crippen LogP contribution in [-0.4, -0.2) is 58.7 Å². The number of halogens is 3. The molecule has 1 saturated heterocycles. The zero-order chi connectivity index (χ0) is 16.4. The van der Waals surface area contributed by atoms with Gasteiger partial charge in [-0.3, -0.25) is 4.90 Å². The first-order valence-corrected chi connectivity index (χ1v) is 9.73.